The molecule has 57 heavy (non-hydrogen) atoms. The number of hydrogen-bond acceptors (Lipinski definition) is 10. The molecule has 0 radical (unpaired) electrons. The highest BCUT2D eigenvalue weighted by atomic mass is 32.1. The Morgan fingerprint density at radius 3 is 2.09 bits per heavy atom. The van der Waals surface area contributed by atoms with Gasteiger partial charge in [0.25, 0.3) is 0 Å². The predicted octanol–water partition coefficient (Wildman–Crippen LogP) is 11.2. The number of aromatic nitrogens is 4. The van der Waals surface area contributed by atoms with Crippen molar-refractivity contribution >= 4 is 70.4 Å². The van der Waals surface area contributed by atoms with E-state index in [4.69, 9.17) is 19.4 Å². The molecule has 0 saturated heterocycles. The average molecular weight is 767 g/mol. The molecule has 0 bridgehead atoms. The van der Waals surface area contributed by atoms with Crippen LogP contribution in [0.4, 0.5) is 0 Å². The third kappa shape index (κ3) is 5.20. The summed E-state index contributed by atoms with van der Waals surface area (Å²) >= 11 is 1.58. The van der Waals surface area contributed by atoms with Gasteiger partial charge < -0.3 is 34.5 Å². The summed E-state index contributed by atoms with van der Waals surface area (Å²) in [6.07, 6.45) is 7.97. The largest absolute Gasteiger partial charge is 0.504 e. The van der Waals surface area contributed by atoms with Crippen LogP contribution in [0.25, 0.3) is 98.9 Å². The second kappa shape index (κ2) is 13.0. The van der Waals surface area contributed by atoms with Crippen molar-refractivity contribution in [2.45, 2.75) is 6.92 Å². The fraction of sp³-hybridized carbons (Fsp3) is 0.0217. The van der Waals surface area contributed by atoms with Gasteiger partial charge in [-0.3, -0.25) is 0 Å². The second-order valence-corrected chi connectivity index (χ2v) is 14.5. The molecular formula is C46H30N4O6S. The maximum absolute atomic E-state index is 11.1. The molecule has 10 nitrogen and oxygen atoms in total. The monoisotopic (exact) mass is 766 g/mol. The zero-order valence-corrected chi connectivity index (χ0v) is 30.9. The van der Waals surface area contributed by atoms with Crippen LogP contribution in [0, 0.1) is 0 Å². The first-order valence-corrected chi connectivity index (χ1v) is 18.8. The Labute approximate surface area is 327 Å². The van der Waals surface area contributed by atoms with Gasteiger partial charge in [-0.25, -0.2) is 15.0 Å². The lowest BCUT2D eigenvalue weighted by Gasteiger charge is -2.15. The molecule has 0 fully saturated rings. The molecule has 0 spiro atoms. The van der Waals surface area contributed by atoms with Gasteiger partial charge in [0.15, 0.2) is 34.6 Å². The molecule has 4 heterocycles. The number of para-hydroxylation sites is 2. The summed E-state index contributed by atoms with van der Waals surface area (Å²) in [5.41, 5.74) is 4.62. The summed E-state index contributed by atoms with van der Waals surface area (Å²) in [6, 6.07) is 35.7. The van der Waals surface area contributed by atoms with E-state index in [2.05, 4.69) is 28.8 Å². The minimum absolute atomic E-state index is 0.160. The van der Waals surface area contributed by atoms with E-state index < -0.39 is 34.3 Å². The highest BCUT2D eigenvalue weighted by molar-refractivity contribution is 7.26. The number of rotatable bonds is 6. The van der Waals surface area contributed by atoms with E-state index in [1.807, 2.05) is 116 Å². The summed E-state index contributed by atoms with van der Waals surface area (Å²) < 4.78 is 10.8. The first kappa shape index (κ1) is 33.9. The number of thiophene rings is 1. The molecule has 0 atom stereocenters. The van der Waals surface area contributed by atoms with E-state index >= 15 is 0 Å². The molecule has 4 aromatic heterocycles. The smallest absolute Gasteiger partial charge is 0.208 e. The molecule has 276 valence electrons. The minimum atomic E-state index is -1.09. The van der Waals surface area contributed by atoms with Crippen LogP contribution in [-0.2, 0) is 0 Å². The van der Waals surface area contributed by atoms with Gasteiger partial charge in [0.1, 0.15) is 11.1 Å². The topological polar surface area (TPSA) is 158 Å². The lowest BCUT2D eigenvalue weighted by molar-refractivity contribution is 0.329. The summed E-state index contributed by atoms with van der Waals surface area (Å²) in [5.74, 6) is -4.90. The summed E-state index contributed by atoms with van der Waals surface area (Å²) in [4.78, 5) is 14.6. The van der Waals surface area contributed by atoms with E-state index in [0.29, 0.717) is 27.7 Å². The molecule has 5 N–H and O–H groups in total. The number of nitrogens with zero attached hydrogens (tertiary/aromatic N) is 4. The van der Waals surface area contributed by atoms with Crippen molar-refractivity contribution in [1.82, 2.24) is 19.5 Å². The van der Waals surface area contributed by atoms with Crippen LogP contribution >= 0.6 is 11.3 Å². The SMILES string of the molecule is C/C=C\C=C/c1cc2ccccc2n1-c1ccc(-c2nc(-c3c(O)c(O)c(O)c(O)c3O)nc(-c3cccc4c3sc3ccccc34)n2)c2c1oc1ccccc12. The molecule has 10 rings (SSSR count). The number of fused-ring (bicyclic) bond motifs is 7. The molecule has 0 unspecified atom stereocenters. The maximum Gasteiger partial charge on any atom is 0.208 e. The van der Waals surface area contributed by atoms with Crippen LogP contribution in [0.1, 0.15) is 12.6 Å². The van der Waals surface area contributed by atoms with Gasteiger partial charge >= 0.3 is 0 Å². The Balaban J connectivity index is 1.30. The Morgan fingerprint density at radius 1 is 0.614 bits per heavy atom. The van der Waals surface area contributed by atoms with Gasteiger partial charge in [-0.1, -0.05) is 85.0 Å². The van der Waals surface area contributed by atoms with E-state index in [-0.39, 0.29) is 17.5 Å². The number of phenols is 5. The zero-order valence-electron chi connectivity index (χ0n) is 30.0. The average Bonchev–Trinajstić information content (AvgIpc) is 3.94. The third-order valence-electron chi connectivity index (χ3n) is 10.2. The number of benzene rings is 6. The van der Waals surface area contributed by atoms with Crippen LogP contribution in [0.3, 0.4) is 0 Å². The van der Waals surface area contributed by atoms with Gasteiger partial charge in [0, 0.05) is 53.2 Å². The standard InChI is InChI=1S/C46H30N4O6S/c1-2-3-4-13-25-23-24-12-5-8-18-31(24)50(25)32-22-21-29(35-28-15-6-9-19-33(28)56-42(32)35)44-47-45(30-17-11-16-27-26-14-7-10-20-34(26)57-43(27)30)49-46(48-44)36-37(51)39(53)41(55)40(54)38(36)52/h2-23,51-55H,1H3/b3-2-,13-4-. The first-order chi connectivity index (χ1) is 27.8. The Kier molecular flexibility index (Phi) is 7.73. The summed E-state index contributed by atoms with van der Waals surface area (Å²) in [5, 5.41) is 58.3. The molecule has 6 aromatic carbocycles. The van der Waals surface area contributed by atoms with Crippen molar-refractivity contribution in [3.05, 3.63) is 133 Å². The van der Waals surface area contributed by atoms with Crippen LogP contribution in [0.15, 0.2) is 132 Å². The fourth-order valence-electron chi connectivity index (χ4n) is 7.56. The molecule has 0 aliphatic carbocycles. The molecular weight excluding hydrogens is 737 g/mol. The normalized spacial score (nSPS) is 12.2. The number of furan rings is 1. The minimum Gasteiger partial charge on any atom is -0.504 e. The van der Waals surface area contributed by atoms with Crippen LogP contribution in [0.2, 0.25) is 0 Å². The second-order valence-electron chi connectivity index (χ2n) is 13.5. The molecule has 0 aliphatic heterocycles. The summed E-state index contributed by atoms with van der Waals surface area (Å²) in [6.45, 7) is 1.97. The number of phenolic OH excluding ortho intramolecular Hbond substituents is 5. The molecule has 10 aromatic rings. The fourth-order valence-corrected chi connectivity index (χ4v) is 8.77. The maximum atomic E-state index is 11.1. The van der Waals surface area contributed by atoms with Gasteiger partial charge in [-0.2, -0.15) is 0 Å². The molecule has 0 aliphatic rings. The van der Waals surface area contributed by atoms with E-state index in [1.165, 1.54) is 0 Å². The first-order valence-electron chi connectivity index (χ1n) is 18.0. The lowest BCUT2D eigenvalue weighted by atomic mass is 10.0. The third-order valence-corrected chi connectivity index (χ3v) is 11.4. The number of allylic oxidation sites excluding steroid dienone is 3. The van der Waals surface area contributed by atoms with Gasteiger partial charge in [-0.05, 0) is 55.5 Å². The van der Waals surface area contributed by atoms with E-state index in [1.54, 1.807) is 11.3 Å². The summed E-state index contributed by atoms with van der Waals surface area (Å²) in [7, 11) is 0. The van der Waals surface area contributed by atoms with Gasteiger partial charge in [0.05, 0.1) is 11.2 Å². The van der Waals surface area contributed by atoms with Crippen molar-refractivity contribution in [3.8, 4) is 68.6 Å². The van der Waals surface area contributed by atoms with Crippen molar-refractivity contribution in [2.75, 3.05) is 0 Å². The predicted molar refractivity (Wildman–Crippen MR) is 225 cm³/mol. The van der Waals surface area contributed by atoms with Crippen LogP contribution in [0.5, 0.6) is 28.7 Å². The lowest BCUT2D eigenvalue weighted by Crippen LogP contribution is -2.02. The molecule has 11 heteroatoms. The van der Waals surface area contributed by atoms with Gasteiger partial charge in [-0.15, -0.1) is 11.3 Å². The van der Waals surface area contributed by atoms with Crippen molar-refractivity contribution in [3.63, 3.8) is 0 Å². The number of hydrogen-bond donors (Lipinski definition) is 5. The highest BCUT2D eigenvalue weighted by Gasteiger charge is 2.29. The van der Waals surface area contributed by atoms with Crippen molar-refractivity contribution in [2.24, 2.45) is 0 Å². The van der Waals surface area contributed by atoms with E-state index in [9.17, 15) is 25.5 Å². The Hall–Kier alpha value is -7.63. The zero-order chi connectivity index (χ0) is 38.9. The highest BCUT2D eigenvalue weighted by Crippen LogP contribution is 2.54. The quantitative estimate of drug-likeness (QED) is 0.0631. The van der Waals surface area contributed by atoms with E-state index in [0.717, 1.165) is 47.8 Å². The van der Waals surface area contributed by atoms with Gasteiger partial charge in [0.2, 0.25) is 17.2 Å². The van der Waals surface area contributed by atoms with Crippen LogP contribution < -0.4 is 0 Å². The Bertz CT molecular complexity index is 3310. The van der Waals surface area contributed by atoms with Crippen molar-refractivity contribution < 1.29 is 29.9 Å². The molecule has 0 saturated carbocycles. The van der Waals surface area contributed by atoms with Crippen molar-refractivity contribution in [1.29, 1.82) is 0 Å². The molecule has 0 amide bonds. The Morgan fingerprint density at radius 2 is 1.28 bits per heavy atom. The van der Waals surface area contributed by atoms with Crippen LogP contribution in [-0.4, -0.2) is 45.1 Å². The number of aromatic hydroxyl groups is 5.